The van der Waals surface area contributed by atoms with Crippen LogP contribution in [0, 0.1) is 12.7 Å². The van der Waals surface area contributed by atoms with Gasteiger partial charge in [0.15, 0.2) is 11.6 Å². The summed E-state index contributed by atoms with van der Waals surface area (Å²) in [5.74, 6) is -0.116. The maximum atomic E-state index is 14.0. The van der Waals surface area contributed by atoms with Gasteiger partial charge in [0.1, 0.15) is 0 Å². The molecule has 2 aromatic carbocycles. The summed E-state index contributed by atoms with van der Waals surface area (Å²) in [6, 6.07) is 10.7. The summed E-state index contributed by atoms with van der Waals surface area (Å²) in [6.07, 6.45) is 0. The first-order valence-corrected chi connectivity index (χ1v) is 7.27. The molecule has 0 saturated carbocycles. The van der Waals surface area contributed by atoms with Crippen LogP contribution in [0.2, 0.25) is 5.02 Å². The molecule has 2 nitrogen and oxygen atoms in total. The molecule has 0 radical (unpaired) electrons. The second-order valence-corrected chi connectivity index (χ2v) is 5.32. The number of aryl methyl sites for hydroxylation is 1. The number of rotatable bonds is 5. The summed E-state index contributed by atoms with van der Waals surface area (Å²) in [6.45, 7) is 4.81. The van der Waals surface area contributed by atoms with Crippen molar-refractivity contribution in [3.05, 3.63) is 63.9 Å². The molecule has 112 valence electrons. The quantitative estimate of drug-likeness (QED) is 0.878. The van der Waals surface area contributed by atoms with Crippen molar-refractivity contribution in [2.24, 2.45) is 0 Å². The number of halogens is 2. The van der Waals surface area contributed by atoms with E-state index in [2.05, 4.69) is 5.32 Å². The second kappa shape index (κ2) is 6.92. The average molecular weight is 308 g/mol. The minimum Gasteiger partial charge on any atom is -0.494 e. The monoisotopic (exact) mass is 307 g/mol. The van der Waals surface area contributed by atoms with E-state index in [4.69, 9.17) is 16.3 Å². The van der Waals surface area contributed by atoms with E-state index in [9.17, 15) is 4.39 Å². The molecular weight excluding hydrogens is 289 g/mol. The first-order chi connectivity index (χ1) is 10.1. The van der Waals surface area contributed by atoms with E-state index >= 15 is 0 Å². The van der Waals surface area contributed by atoms with Gasteiger partial charge in [-0.05, 0) is 54.4 Å². The lowest BCUT2D eigenvalue weighted by molar-refractivity contribution is 0.385. The highest BCUT2D eigenvalue weighted by atomic mass is 35.5. The number of methoxy groups -OCH3 is 1. The largest absolute Gasteiger partial charge is 0.494 e. The Hall–Kier alpha value is -1.58. The van der Waals surface area contributed by atoms with Crippen molar-refractivity contribution >= 4 is 11.6 Å². The highest BCUT2D eigenvalue weighted by Gasteiger charge is 2.17. The topological polar surface area (TPSA) is 21.3 Å². The number of hydrogen-bond acceptors (Lipinski definition) is 2. The van der Waals surface area contributed by atoms with Crippen LogP contribution >= 0.6 is 11.6 Å². The molecule has 0 aliphatic heterocycles. The van der Waals surface area contributed by atoms with Gasteiger partial charge in [0.25, 0.3) is 0 Å². The maximum Gasteiger partial charge on any atom is 0.165 e. The Morgan fingerprint density at radius 3 is 2.62 bits per heavy atom. The van der Waals surface area contributed by atoms with Crippen molar-refractivity contribution in [3.63, 3.8) is 0 Å². The van der Waals surface area contributed by atoms with E-state index < -0.39 is 0 Å². The van der Waals surface area contributed by atoms with Gasteiger partial charge in [-0.15, -0.1) is 0 Å². The fourth-order valence-electron chi connectivity index (χ4n) is 2.40. The molecule has 1 unspecified atom stereocenters. The van der Waals surface area contributed by atoms with Crippen molar-refractivity contribution in [2.45, 2.75) is 19.9 Å². The SMILES string of the molecule is CCNC(c1ccc(OC)c(F)c1)c1cc(Cl)ccc1C. The predicted octanol–water partition coefficient (Wildman–Crippen LogP) is 4.50. The van der Waals surface area contributed by atoms with Crippen LogP contribution in [0.3, 0.4) is 0 Å². The van der Waals surface area contributed by atoms with Crippen molar-refractivity contribution < 1.29 is 9.13 Å². The summed E-state index contributed by atoms with van der Waals surface area (Å²) < 4.78 is 18.9. The van der Waals surface area contributed by atoms with Crippen LogP contribution in [0.4, 0.5) is 4.39 Å². The van der Waals surface area contributed by atoms with Crippen LogP contribution in [0.1, 0.15) is 29.7 Å². The number of benzene rings is 2. The van der Waals surface area contributed by atoms with Gasteiger partial charge in [0, 0.05) is 5.02 Å². The molecule has 0 saturated heterocycles. The minimum absolute atomic E-state index is 0.103. The third-order valence-corrected chi connectivity index (χ3v) is 3.70. The summed E-state index contributed by atoms with van der Waals surface area (Å²) >= 11 is 6.11. The first kappa shape index (κ1) is 15.8. The molecule has 0 bridgehead atoms. The molecule has 21 heavy (non-hydrogen) atoms. The van der Waals surface area contributed by atoms with E-state index in [0.29, 0.717) is 5.02 Å². The molecule has 2 rings (SSSR count). The van der Waals surface area contributed by atoms with Gasteiger partial charge in [-0.25, -0.2) is 4.39 Å². The highest BCUT2D eigenvalue weighted by molar-refractivity contribution is 6.30. The van der Waals surface area contributed by atoms with Gasteiger partial charge in [-0.2, -0.15) is 0 Å². The van der Waals surface area contributed by atoms with Gasteiger partial charge in [-0.3, -0.25) is 0 Å². The van der Waals surface area contributed by atoms with E-state index in [1.54, 1.807) is 6.07 Å². The zero-order valence-corrected chi connectivity index (χ0v) is 13.2. The van der Waals surface area contributed by atoms with Crippen molar-refractivity contribution in [2.75, 3.05) is 13.7 Å². The van der Waals surface area contributed by atoms with Gasteiger partial charge in [0.2, 0.25) is 0 Å². The Morgan fingerprint density at radius 2 is 2.00 bits per heavy atom. The highest BCUT2D eigenvalue weighted by Crippen LogP contribution is 2.29. The number of nitrogens with one attached hydrogen (secondary N) is 1. The van der Waals surface area contributed by atoms with Crippen molar-refractivity contribution in [3.8, 4) is 5.75 Å². The van der Waals surface area contributed by atoms with Crippen LogP contribution in [-0.2, 0) is 0 Å². The fourth-order valence-corrected chi connectivity index (χ4v) is 2.58. The predicted molar refractivity (Wildman–Crippen MR) is 84.7 cm³/mol. The Balaban J connectivity index is 2.48. The lowest BCUT2D eigenvalue weighted by atomic mass is 9.94. The van der Waals surface area contributed by atoms with Crippen LogP contribution in [0.25, 0.3) is 0 Å². The smallest absolute Gasteiger partial charge is 0.165 e. The van der Waals surface area contributed by atoms with E-state index in [1.165, 1.54) is 13.2 Å². The minimum atomic E-state index is -0.363. The molecule has 0 aliphatic carbocycles. The summed E-state index contributed by atoms with van der Waals surface area (Å²) in [4.78, 5) is 0. The molecule has 0 amide bonds. The normalized spacial score (nSPS) is 12.2. The summed E-state index contributed by atoms with van der Waals surface area (Å²) in [5, 5.41) is 4.06. The molecule has 4 heteroatoms. The van der Waals surface area contributed by atoms with Gasteiger partial charge in [-0.1, -0.05) is 30.7 Å². The van der Waals surface area contributed by atoms with Gasteiger partial charge < -0.3 is 10.1 Å². The van der Waals surface area contributed by atoms with E-state index in [-0.39, 0.29) is 17.6 Å². The summed E-state index contributed by atoms with van der Waals surface area (Å²) in [7, 11) is 1.46. The molecule has 1 N–H and O–H groups in total. The third-order valence-electron chi connectivity index (χ3n) is 3.47. The van der Waals surface area contributed by atoms with Crippen LogP contribution < -0.4 is 10.1 Å². The van der Waals surface area contributed by atoms with Crippen LogP contribution in [0.5, 0.6) is 5.75 Å². The molecule has 0 heterocycles. The van der Waals surface area contributed by atoms with Crippen molar-refractivity contribution in [1.29, 1.82) is 0 Å². The molecule has 0 spiro atoms. The molecular formula is C17H19ClFNO. The average Bonchev–Trinajstić information content (AvgIpc) is 2.47. The molecule has 0 aliphatic rings. The van der Waals surface area contributed by atoms with Gasteiger partial charge in [0.05, 0.1) is 13.2 Å². The number of hydrogen-bond donors (Lipinski definition) is 1. The van der Waals surface area contributed by atoms with Crippen LogP contribution in [0.15, 0.2) is 36.4 Å². The Morgan fingerprint density at radius 1 is 1.24 bits per heavy atom. The van der Waals surface area contributed by atoms with E-state index in [1.807, 2.05) is 38.1 Å². The lowest BCUT2D eigenvalue weighted by Gasteiger charge is -2.21. The molecule has 1 atom stereocenters. The third kappa shape index (κ3) is 3.55. The van der Waals surface area contributed by atoms with E-state index in [0.717, 1.165) is 23.2 Å². The molecule has 2 aromatic rings. The Labute approximate surface area is 129 Å². The first-order valence-electron chi connectivity index (χ1n) is 6.89. The van der Waals surface area contributed by atoms with Gasteiger partial charge >= 0.3 is 0 Å². The molecule has 0 aromatic heterocycles. The van der Waals surface area contributed by atoms with Crippen molar-refractivity contribution in [1.82, 2.24) is 5.32 Å². The zero-order valence-electron chi connectivity index (χ0n) is 12.4. The Bertz CT molecular complexity index is 630. The van der Waals surface area contributed by atoms with Crippen LogP contribution in [-0.4, -0.2) is 13.7 Å². The number of ether oxygens (including phenoxy) is 1. The standard InChI is InChI=1S/C17H19ClFNO/c1-4-20-17(14-10-13(18)7-5-11(14)2)12-6-8-16(21-3)15(19)9-12/h5-10,17,20H,4H2,1-3H3. The second-order valence-electron chi connectivity index (χ2n) is 4.89. The zero-order chi connectivity index (χ0) is 15.4. The fraction of sp³-hybridized carbons (Fsp3) is 0.294. The molecule has 0 fully saturated rings. The Kier molecular flexibility index (Phi) is 5.21. The lowest BCUT2D eigenvalue weighted by Crippen LogP contribution is -2.23. The maximum absolute atomic E-state index is 14.0. The summed E-state index contributed by atoms with van der Waals surface area (Å²) in [5.41, 5.74) is 3.01.